The van der Waals surface area contributed by atoms with Gasteiger partial charge in [-0.2, -0.15) is 0 Å². The minimum Gasteiger partial charge on any atom is -0.0816 e. The van der Waals surface area contributed by atoms with Gasteiger partial charge in [0, 0.05) is 0 Å². The number of hydrogen-bond donors (Lipinski definition) is 0. The number of allylic oxidation sites excluding steroid dienone is 2. The fourth-order valence-electron chi connectivity index (χ4n) is 4.16. The number of hydrogen-bond acceptors (Lipinski definition) is 0. The van der Waals surface area contributed by atoms with Gasteiger partial charge in [0.05, 0.1) is 0 Å². The fraction of sp³-hybridized carbons (Fsp3) is 0.833. The molecule has 2 saturated carbocycles. The van der Waals surface area contributed by atoms with E-state index < -0.39 is 0 Å². The average molecular weight is 162 g/mol. The fourth-order valence-corrected chi connectivity index (χ4v) is 4.16. The molecule has 0 nitrogen and oxygen atoms in total. The van der Waals surface area contributed by atoms with E-state index in [-0.39, 0.29) is 0 Å². The highest BCUT2D eigenvalue weighted by molar-refractivity contribution is 5.21. The zero-order valence-electron chi connectivity index (χ0n) is 8.14. The summed E-state index contributed by atoms with van der Waals surface area (Å²) in [5, 5.41) is 0. The van der Waals surface area contributed by atoms with Gasteiger partial charge in [-0.05, 0) is 55.8 Å². The van der Waals surface area contributed by atoms with Gasteiger partial charge in [0.2, 0.25) is 0 Å². The Hall–Kier alpha value is -0.260. The van der Waals surface area contributed by atoms with Crippen molar-refractivity contribution in [3.05, 3.63) is 11.6 Å². The van der Waals surface area contributed by atoms with Crippen molar-refractivity contribution < 1.29 is 0 Å². The van der Waals surface area contributed by atoms with Crippen LogP contribution >= 0.6 is 0 Å². The van der Waals surface area contributed by atoms with Crippen molar-refractivity contribution in [2.24, 2.45) is 23.2 Å². The second kappa shape index (κ2) is 1.97. The first-order valence-electron chi connectivity index (χ1n) is 5.36. The van der Waals surface area contributed by atoms with Crippen LogP contribution in [0.4, 0.5) is 0 Å². The van der Waals surface area contributed by atoms with Crippen LogP contribution in [0.1, 0.15) is 39.5 Å². The third kappa shape index (κ3) is 0.694. The second-order valence-electron chi connectivity index (χ2n) is 5.56. The van der Waals surface area contributed by atoms with Crippen LogP contribution in [-0.4, -0.2) is 0 Å². The minimum atomic E-state index is 0.715. The summed E-state index contributed by atoms with van der Waals surface area (Å²) in [7, 11) is 0. The lowest BCUT2D eigenvalue weighted by Crippen LogP contribution is -2.24. The molecule has 0 amide bonds. The van der Waals surface area contributed by atoms with Crippen molar-refractivity contribution in [2.45, 2.75) is 39.5 Å². The Labute approximate surface area is 75.0 Å². The zero-order valence-corrected chi connectivity index (χ0v) is 8.14. The lowest BCUT2D eigenvalue weighted by atomic mass is 9.73. The molecule has 12 heavy (non-hydrogen) atoms. The maximum Gasteiger partial charge on any atom is -0.0143 e. The Morgan fingerprint density at radius 3 is 3.08 bits per heavy atom. The molecule has 66 valence electrons. The molecular weight excluding hydrogens is 144 g/mol. The molecule has 0 N–H and O–H groups in total. The van der Waals surface area contributed by atoms with Crippen molar-refractivity contribution in [3.8, 4) is 0 Å². The van der Waals surface area contributed by atoms with Gasteiger partial charge in [-0.1, -0.05) is 18.6 Å². The van der Waals surface area contributed by atoms with E-state index in [1.54, 1.807) is 5.57 Å². The van der Waals surface area contributed by atoms with Crippen LogP contribution in [-0.2, 0) is 0 Å². The molecular formula is C12H18. The Kier molecular flexibility index (Phi) is 1.18. The maximum absolute atomic E-state index is 2.59. The van der Waals surface area contributed by atoms with Crippen LogP contribution < -0.4 is 0 Å². The van der Waals surface area contributed by atoms with E-state index in [0.717, 1.165) is 17.8 Å². The zero-order chi connectivity index (χ0) is 8.34. The molecule has 0 radical (unpaired) electrons. The van der Waals surface area contributed by atoms with E-state index in [0.29, 0.717) is 5.41 Å². The summed E-state index contributed by atoms with van der Waals surface area (Å²) in [6.07, 6.45) is 8.57. The molecule has 3 rings (SSSR count). The summed E-state index contributed by atoms with van der Waals surface area (Å²) in [5.41, 5.74) is 2.38. The van der Waals surface area contributed by atoms with Crippen LogP contribution in [0.3, 0.4) is 0 Å². The highest BCUT2D eigenvalue weighted by Gasteiger charge is 2.55. The van der Waals surface area contributed by atoms with Crippen molar-refractivity contribution in [3.63, 3.8) is 0 Å². The van der Waals surface area contributed by atoms with Crippen LogP contribution in [0.2, 0.25) is 0 Å². The average Bonchev–Trinajstić information content (AvgIpc) is 2.57. The molecule has 0 aromatic heterocycles. The standard InChI is InChI=1S/C12H18/c1-8-5-10-9-3-4-12(2,7-9)11(10)6-8/h6,9-11H,3-5,7H2,1-2H3. The Bertz CT molecular complexity index is 251. The van der Waals surface area contributed by atoms with E-state index in [1.165, 1.54) is 25.7 Å². The van der Waals surface area contributed by atoms with Crippen molar-refractivity contribution in [1.29, 1.82) is 0 Å². The third-order valence-electron chi connectivity index (χ3n) is 4.71. The lowest BCUT2D eigenvalue weighted by molar-refractivity contribution is 0.204. The summed E-state index contributed by atoms with van der Waals surface area (Å²) in [6, 6.07) is 0. The Morgan fingerprint density at radius 2 is 2.33 bits per heavy atom. The molecule has 3 aliphatic rings. The van der Waals surface area contributed by atoms with Crippen molar-refractivity contribution in [1.82, 2.24) is 0 Å². The molecule has 0 aromatic carbocycles. The number of fused-ring (bicyclic) bond motifs is 5. The normalized spacial score (nSPS) is 55.8. The summed E-state index contributed by atoms with van der Waals surface area (Å²) in [5.74, 6) is 3.12. The van der Waals surface area contributed by atoms with Crippen molar-refractivity contribution >= 4 is 0 Å². The van der Waals surface area contributed by atoms with E-state index in [4.69, 9.17) is 0 Å². The summed E-state index contributed by atoms with van der Waals surface area (Å²) < 4.78 is 0. The highest BCUT2D eigenvalue weighted by atomic mass is 14.6. The van der Waals surface area contributed by atoms with Gasteiger partial charge in [0.1, 0.15) is 0 Å². The SMILES string of the molecule is CC1=CC2C(C1)C1CCC2(C)C1. The minimum absolute atomic E-state index is 0.715. The molecule has 0 saturated heterocycles. The van der Waals surface area contributed by atoms with Crippen LogP contribution in [0, 0.1) is 23.2 Å². The molecule has 0 aliphatic heterocycles. The van der Waals surface area contributed by atoms with Gasteiger partial charge >= 0.3 is 0 Å². The Morgan fingerprint density at radius 1 is 1.50 bits per heavy atom. The summed E-state index contributed by atoms with van der Waals surface area (Å²) in [4.78, 5) is 0. The van der Waals surface area contributed by atoms with Crippen LogP contribution in [0.15, 0.2) is 11.6 Å². The first kappa shape index (κ1) is 7.17. The first-order valence-corrected chi connectivity index (χ1v) is 5.36. The van der Waals surface area contributed by atoms with E-state index in [2.05, 4.69) is 19.9 Å². The lowest BCUT2D eigenvalue weighted by Gasteiger charge is -2.31. The van der Waals surface area contributed by atoms with Gasteiger partial charge in [-0.3, -0.25) is 0 Å². The van der Waals surface area contributed by atoms with Gasteiger partial charge < -0.3 is 0 Å². The van der Waals surface area contributed by atoms with Crippen molar-refractivity contribution in [2.75, 3.05) is 0 Å². The van der Waals surface area contributed by atoms with E-state index >= 15 is 0 Å². The highest BCUT2D eigenvalue weighted by Crippen LogP contribution is 2.64. The molecule has 0 aromatic rings. The molecule has 2 bridgehead atoms. The molecule has 4 unspecified atom stereocenters. The monoisotopic (exact) mass is 162 g/mol. The molecule has 2 fully saturated rings. The maximum atomic E-state index is 2.59. The third-order valence-corrected chi connectivity index (χ3v) is 4.71. The predicted molar refractivity (Wildman–Crippen MR) is 50.8 cm³/mol. The molecule has 0 heterocycles. The number of rotatable bonds is 0. The quantitative estimate of drug-likeness (QED) is 0.479. The van der Waals surface area contributed by atoms with Crippen LogP contribution in [0.5, 0.6) is 0 Å². The van der Waals surface area contributed by atoms with E-state index in [9.17, 15) is 0 Å². The molecule has 4 atom stereocenters. The predicted octanol–water partition coefficient (Wildman–Crippen LogP) is 3.39. The molecule has 0 spiro atoms. The Balaban J connectivity index is 2.00. The van der Waals surface area contributed by atoms with Crippen LogP contribution in [0.25, 0.3) is 0 Å². The van der Waals surface area contributed by atoms with Gasteiger partial charge in [0.25, 0.3) is 0 Å². The van der Waals surface area contributed by atoms with E-state index in [1.807, 2.05) is 0 Å². The van der Waals surface area contributed by atoms with Gasteiger partial charge in [0.15, 0.2) is 0 Å². The molecule has 0 heteroatoms. The topological polar surface area (TPSA) is 0 Å². The largest absolute Gasteiger partial charge is 0.0816 e. The molecule has 3 aliphatic carbocycles. The van der Waals surface area contributed by atoms with Gasteiger partial charge in [-0.25, -0.2) is 0 Å². The smallest absolute Gasteiger partial charge is 0.0143 e. The second-order valence-corrected chi connectivity index (χ2v) is 5.56. The first-order chi connectivity index (χ1) is 5.69. The van der Waals surface area contributed by atoms with Gasteiger partial charge in [-0.15, -0.1) is 0 Å². The summed E-state index contributed by atoms with van der Waals surface area (Å²) in [6.45, 7) is 4.84. The summed E-state index contributed by atoms with van der Waals surface area (Å²) >= 11 is 0.